The van der Waals surface area contributed by atoms with Crippen molar-refractivity contribution >= 4 is 51.3 Å². The first kappa shape index (κ1) is 37.0. The molecule has 6 aromatic rings. The van der Waals surface area contributed by atoms with Crippen LogP contribution in [-0.2, 0) is 11.3 Å². The predicted octanol–water partition coefficient (Wildman–Crippen LogP) is 0.696. The van der Waals surface area contributed by atoms with Gasteiger partial charge in [0, 0.05) is 86.3 Å². The quantitative estimate of drug-likeness (QED) is 0.0870. The zero-order chi connectivity index (χ0) is 32.6. The number of benzene rings is 4. The number of hydrogen-bond donors (Lipinski definition) is 1. The lowest BCUT2D eigenvalue weighted by Crippen LogP contribution is -3.00. The number of pyridine rings is 1. The van der Waals surface area contributed by atoms with Crippen LogP contribution in [0.5, 0.6) is 0 Å². The van der Waals surface area contributed by atoms with E-state index in [-0.39, 0.29) is 35.3 Å². The molecule has 6 rings (SSSR count). The molecule has 8 nitrogen and oxygen atoms in total. The second-order valence-corrected chi connectivity index (χ2v) is 11.5. The van der Waals surface area contributed by atoms with Gasteiger partial charge >= 0.3 is 0 Å². The maximum Gasteiger partial charge on any atom is 0.239 e. The Hall–Kier alpha value is -4.86. The Morgan fingerprint density at radius 2 is 1.45 bits per heavy atom. The number of aryl methyl sites for hydroxylation is 1. The van der Waals surface area contributed by atoms with Gasteiger partial charge in [0.05, 0.1) is 11.9 Å². The van der Waals surface area contributed by atoms with Crippen molar-refractivity contribution in [1.29, 1.82) is 0 Å². The predicted molar refractivity (Wildman–Crippen MR) is 191 cm³/mol. The van der Waals surface area contributed by atoms with Gasteiger partial charge in [-0.1, -0.05) is 36.4 Å². The number of hydrazone groups is 1. The lowest BCUT2D eigenvalue weighted by molar-refractivity contribution is -0.697. The van der Waals surface area contributed by atoms with Crippen LogP contribution in [0.4, 0.5) is 17.1 Å². The fourth-order valence-electron chi connectivity index (χ4n) is 5.77. The van der Waals surface area contributed by atoms with Gasteiger partial charge in [-0.05, 0) is 50.2 Å². The van der Waals surface area contributed by atoms with E-state index in [0.717, 1.165) is 76.4 Å². The highest BCUT2D eigenvalue weighted by Gasteiger charge is 2.21. The molecule has 0 aliphatic carbocycles. The van der Waals surface area contributed by atoms with E-state index in [2.05, 4.69) is 68.6 Å². The first-order chi connectivity index (χ1) is 23.0. The van der Waals surface area contributed by atoms with Crippen LogP contribution in [0.2, 0.25) is 0 Å². The van der Waals surface area contributed by atoms with Crippen molar-refractivity contribution in [3.05, 3.63) is 127 Å². The highest BCUT2D eigenvalue weighted by molar-refractivity contribution is 5.93. The van der Waals surface area contributed by atoms with Crippen molar-refractivity contribution in [2.45, 2.75) is 33.2 Å². The molecule has 4 aromatic carbocycles. The second kappa shape index (κ2) is 17.5. The van der Waals surface area contributed by atoms with Gasteiger partial charge in [0.1, 0.15) is 17.6 Å². The lowest BCUT2D eigenvalue weighted by atomic mass is 10.1. The number of aromatic nitrogens is 3. The Morgan fingerprint density at radius 1 is 0.816 bits per heavy atom. The molecular formula is C39H41BrClN7O. The number of carbonyl (C=O) groups excluding carboxylic acids is 1. The van der Waals surface area contributed by atoms with Crippen molar-refractivity contribution in [1.82, 2.24) is 4.98 Å². The minimum absolute atomic E-state index is 0. The summed E-state index contributed by atoms with van der Waals surface area (Å²) >= 11 is 0. The van der Waals surface area contributed by atoms with Crippen LogP contribution in [0.3, 0.4) is 0 Å². The van der Waals surface area contributed by atoms with E-state index in [1.165, 1.54) is 0 Å². The average molecular weight is 739 g/mol. The average Bonchev–Trinajstić information content (AvgIpc) is 3.11. The highest BCUT2D eigenvalue weighted by Crippen LogP contribution is 2.25. The minimum atomic E-state index is -0.0125. The number of hydrogen-bond acceptors (Lipinski definition) is 5. The fourth-order valence-corrected chi connectivity index (χ4v) is 5.77. The summed E-state index contributed by atoms with van der Waals surface area (Å²) in [6.45, 7) is 6.94. The van der Waals surface area contributed by atoms with E-state index >= 15 is 0 Å². The number of amides is 1. The number of nitrogens with zero attached hydrogens (tertiary/aromatic N) is 6. The van der Waals surface area contributed by atoms with Crippen molar-refractivity contribution in [3.8, 4) is 5.69 Å². The SMILES string of the molecule is CCN(CC)c1ccc2nc3ccc(NC(=O)CCC[n+]4ccc(/C=N/N(C)c5ccccc5)cc4)cc3[n+](-c3ccccc3)c2c1.[Br-].[Cl-]. The number of anilines is 3. The third-order valence-electron chi connectivity index (χ3n) is 8.33. The van der Waals surface area contributed by atoms with E-state index in [1.54, 1.807) is 0 Å². The van der Waals surface area contributed by atoms with Gasteiger partial charge in [0.2, 0.25) is 22.6 Å². The smallest absolute Gasteiger partial charge is 0.239 e. The summed E-state index contributed by atoms with van der Waals surface area (Å²) in [7, 11) is 1.93. The number of nitrogens with one attached hydrogen (secondary N) is 1. The van der Waals surface area contributed by atoms with Crippen LogP contribution in [-0.4, -0.2) is 37.2 Å². The molecule has 0 aliphatic rings. The van der Waals surface area contributed by atoms with Crippen molar-refractivity contribution in [2.24, 2.45) is 5.10 Å². The number of fused-ring (bicyclic) bond motifs is 2. The molecule has 2 heterocycles. The van der Waals surface area contributed by atoms with Gasteiger partial charge in [0.15, 0.2) is 12.4 Å². The van der Waals surface area contributed by atoms with Gasteiger partial charge in [-0.2, -0.15) is 5.10 Å². The molecule has 0 unspecified atom stereocenters. The van der Waals surface area contributed by atoms with Gasteiger partial charge in [-0.25, -0.2) is 9.55 Å². The monoisotopic (exact) mass is 737 g/mol. The summed E-state index contributed by atoms with van der Waals surface area (Å²) < 4.78 is 4.33. The molecule has 2 aromatic heterocycles. The van der Waals surface area contributed by atoms with Crippen LogP contribution < -0.4 is 53.7 Å². The third-order valence-corrected chi connectivity index (χ3v) is 8.33. The van der Waals surface area contributed by atoms with Crippen LogP contribution >= 0.6 is 0 Å². The molecule has 0 spiro atoms. The molecule has 0 radical (unpaired) electrons. The highest BCUT2D eigenvalue weighted by atomic mass is 79.9. The molecule has 0 atom stereocenters. The Bertz CT molecular complexity index is 2000. The van der Waals surface area contributed by atoms with Crippen molar-refractivity contribution in [3.63, 3.8) is 0 Å². The normalized spacial score (nSPS) is 10.8. The molecule has 0 saturated carbocycles. The minimum Gasteiger partial charge on any atom is -1.00 e. The molecule has 0 saturated heterocycles. The molecule has 0 bridgehead atoms. The Labute approximate surface area is 304 Å². The van der Waals surface area contributed by atoms with E-state index in [0.29, 0.717) is 6.42 Å². The molecule has 1 N–H and O–H groups in total. The fraction of sp³-hybridized carbons (Fsp3) is 0.205. The Kier molecular flexibility index (Phi) is 13.2. The zero-order valence-corrected chi connectivity index (χ0v) is 30.3. The summed E-state index contributed by atoms with van der Waals surface area (Å²) in [4.78, 5) is 20.4. The molecule has 1 amide bonds. The van der Waals surface area contributed by atoms with E-state index in [9.17, 15) is 4.79 Å². The molecule has 0 fully saturated rings. The van der Waals surface area contributed by atoms with Gasteiger partial charge in [-0.15, -0.1) is 4.57 Å². The summed E-state index contributed by atoms with van der Waals surface area (Å²) in [5, 5.41) is 9.50. The van der Waals surface area contributed by atoms with E-state index in [1.807, 2.05) is 110 Å². The van der Waals surface area contributed by atoms with Gasteiger partial charge < -0.3 is 39.6 Å². The van der Waals surface area contributed by atoms with Crippen LogP contribution in [0, 0.1) is 0 Å². The first-order valence-corrected chi connectivity index (χ1v) is 16.2. The van der Waals surface area contributed by atoms with Crippen molar-refractivity contribution in [2.75, 3.05) is 35.4 Å². The number of para-hydroxylation sites is 2. The summed E-state index contributed by atoms with van der Waals surface area (Å²) in [6, 6.07) is 36.8. The first-order valence-electron chi connectivity index (χ1n) is 16.2. The van der Waals surface area contributed by atoms with E-state index in [4.69, 9.17) is 4.98 Å². The maximum atomic E-state index is 13.0. The summed E-state index contributed by atoms with van der Waals surface area (Å²) in [6.07, 6.45) is 7.03. The van der Waals surface area contributed by atoms with Gasteiger partial charge in [0.25, 0.3) is 0 Å². The topological polar surface area (TPSA) is 68.6 Å². The largest absolute Gasteiger partial charge is 1.00 e. The zero-order valence-electron chi connectivity index (χ0n) is 28.0. The molecule has 49 heavy (non-hydrogen) atoms. The Morgan fingerprint density at radius 3 is 2.12 bits per heavy atom. The number of carbonyl (C=O) groups is 1. The van der Waals surface area contributed by atoms with Crippen LogP contribution in [0.25, 0.3) is 27.8 Å². The maximum absolute atomic E-state index is 13.0. The molecule has 10 heteroatoms. The second-order valence-electron chi connectivity index (χ2n) is 11.5. The third kappa shape index (κ3) is 8.99. The van der Waals surface area contributed by atoms with Crippen LogP contribution in [0.1, 0.15) is 32.3 Å². The Balaban J connectivity index is 0.00000270. The van der Waals surface area contributed by atoms with Crippen molar-refractivity contribution < 1.29 is 43.3 Å². The standard InChI is InChI=1S/C39H40N7O.BrH.ClH/c1-4-45(5-2)34-19-21-36-38(28-34)46(33-15-10-7-11-16-33)37-27-31(18-20-35(37)42-36)41-39(47)17-12-24-44-25-22-30(23-26-44)29-40-43(3)32-13-8-6-9-14-32;;/h6-11,13-16,18-23,25-29H,4-5,12,17,24H2,1-3H3;2*1H/q+1;;/p-1. The molecular weight excluding hydrogens is 698 g/mol. The lowest BCUT2D eigenvalue weighted by Gasteiger charge is -2.20. The molecule has 252 valence electrons. The molecule has 0 aliphatic heterocycles. The number of halogens is 2. The van der Waals surface area contributed by atoms with Gasteiger partial charge in [-0.3, -0.25) is 9.80 Å². The summed E-state index contributed by atoms with van der Waals surface area (Å²) in [5.74, 6) is -0.0125. The summed E-state index contributed by atoms with van der Waals surface area (Å²) in [5.41, 5.74) is 8.75. The van der Waals surface area contributed by atoms with Crippen LogP contribution in [0.15, 0.2) is 127 Å². The van der Waals surface area contributed by atoms with E-state index < -0.39 is 0 Å². The number of rotatable bonds is 12.